The molecule has 6 aromatic rings. The van der Waals surface area contributed by atoms with Crippen molar-refractivity contribution in [3.8, 4) is 33.8 Å². The van der Waals surface area contributed by atoms with E-state index < -0.39 is 5.79 Å². The van der Waals surface area contributed by atoms with Crippen LogP contribution >= 0.6 is 21.0 Å². The molecule has 59 heavy (non-hydrogen) atoms. The highest BCUT2D eigenvalue weighted by Crippen LogP contribution is 2.51. The van der Waals surface area contributed by atoms with Gasteiger partial charge in [-0.25, -0.2) is 0 Å². The van der Waals surface area contributed by atoms with Crippen LogP contribution in [-0.4, -0.2) is 28.0 Å². The first kappa shape index (κ1) is 41.6. The number of ether oxygens (including phenoxy) is 2. The summed E-state index contributed by atoms with van der Waals surface area (Å²) in [7, 11) is -0.311. The van der Waals surface area contributed by atoms with E-state index in [1.54, 1.807) is 0 Å². The maximum absolute atomic E-state index is 7.53. The molecule has 308 valence electrons. The minimum Gasteiger partial charge on any atom is -0.452 e. The highest BCUT2D eigenvalue weighted by molar-refractivity contribution is 8.17. The number of hydrogen-bond donors (Lipinski definition) is 0. The largest absolute Gasteiger partial charge is 0.452 e. The zero-order chi connectivity index (χ0) is 41.7. The van der Waals surface area contributed by atoms with Crippen LogP contribution in [0.3, 0.4) is 0 Å². The lowest BCUT2D eigenvalue weighted by Crippen LogP contribution is -2.36. The molecule has 1 heterocycles. The minimum atomic E-state index is -1.04. The molecule has 0 amide bonds. The van der Waals surface area contributed by atoms with Crippen molar-refractivity contribution in [3.05, 3.63) is 131 Å². The van der Waals surface area contributed by atoms with Gasteiger partial charge in [-0.15, -0.1) is 0 Å². The fourth-order valence-corrected chi connectivity index (χ4v) is 14.1. The Morgan fingerprint density at radius 2 is 0.898 bits per heavy atom. The van der Waals surface area contributed by atoms with E-state index in [1.165, 1.54) is 93.5 Å². The molecule has 1 fully saturated rings. The molecule has 0 N–H and O–H groups in total. The first-order valence-electron chi connectivity index (χ1n) is 21.8. The Balaban J connectivity index is 1.42. The molecule has 1 saturated carbocycles. The summed E-state index contributed by atoms with van der Waals surface area (Å²) in [5.74, 6) is 12.7. The average molecular weight is 821 g/mol. The van der Waals surface area contributed by atoms with Gasteiger partial charge < -0.3 is 9.47 Å². The quantitative estimate of drug-likeness (QED) is 0.162. The van der Waals surface area contributed by atoms with Gasteiger partial charge in [0.05, 0.1) is 0 Å². The molecule has 2 aliphatic rings. The van der Waals surface area contributed by atoms with Crippen molar-refractivity contribution in [2.24, 2.45) is 0 Å². The van der Waals surface area contributed by atoms with E-state index >= 15 is 0 Å². The van der Waals surface area contributed by atoms with Crippen molar-refractivity contribution in [1.29, 1.82) is 0 Å². The molecule has 1 aliphatic carbocycles. The van der Waals surface area contributed by atoms with Gasteiger partial charge in [-0.05, 0) is 79.6 Å². The van der Waals surface area contributed by atoms with Gasteiger partial charge >= 0.3 is 0 Å². The van der Waals surface area contributed by atoms with Gasteiger partial charge in [0.15, 0.2) is 0 Å². The molecule has 0 radical (unpaired) electrons. The van der Waals surface area contributed by atoms with Crippen molar-refractivity contribution >= 4 is 54.3 Å². The summed E-state index contributed by atoms with van der Waals surface area (Å²) in [5.41, 5.74) is 9.57. The van der Waals surface area contributed by atoms with Crippen molar-refractivity contribution in [2.75, 3.05) is 0 Å². The Morgan fingerprint density at radius 1 is 0.508 bits per heavy atom. The second-order valence-corrected chi connectivity index (χ2v) is 23.6. The van der Waals surface area contributed by atoms with Gasteiger partial charge in [-0.1, -0.05) is 176 Å². The number of rotatable bonds is 2. The van der Waals surface area contributed by atoms with Crippen LogP contribution < -0.4 is 9.47 Å². The smallest absolute Gasteiger partial charge is 0.245 e. The molecule has 0 spiro atoms. The molecular formula is C55H64O2S2. The number of benzene rings is 6. The molecule has 0 saturated heterocycles. The summed E-state index contributed by atoms with van der Waals surface area (Å²) in [4.78, 5) is 0. The van der Waals surface area contributed by atoms with E-state index in [9.17, 15) is 0 Å². The van der Waals surface area contributed by atoms with Crippen LogP contribution in [0.4, 0.5) is 0 Å². The molecule has 1 aliphatic heterocycles. The lowest BCUT2D eigenvalue weighted by atomic mass is 9.83. The number of hydrogen-bond acceptors (Lipinski definition) is 2. The van der Waals surface area contributed by atoms with Gasteiger partial charge in [0.25, 0.3) is 0 Å². The summed E-state index contributed by atoms with van der Waals surface area (Å²) in [5, 5.41) is 5.87. The molecule has 4 atom stereocenters. The van der Waals surface area contributed by atoms with E-state index in [0.717, 1.165) is 34.1 Å². The predicted molar refractivity (Wildman–Crippen MR) is 264 cm³/mol. The van der Waals surface area contributed by atoms with Gasteiger partial charge in [-0.2, -0.15) is 21.0 Å². The third-order valence-corrected chi connectivity index (χ3v) is 17.0. The van der Waals surface area contributed by atoms with Crippen molar-refractivity contribution in [2.45, 2.75) is 133 Å². The zero-order valence-corrected chi connectivity index (χ0v) is 38.4. The Morgan fingerprint density at radius 3 is 1.31 bits per heavy atom. The monoisotopic (exact) mass is 820 g/mol. The topological polar surface area (TPSA) is 18.5 Å². The van der Waals surface area contributed by atoms with Gasteiger partial charge in [-0.3, -0.25) is 0 Å². The Labute approximate surface area is 359 Å². The lowest BCUT2D eigenvalue weighted by molar-refractivity contribution is -0.0811. The fourth-order valence-electron chi connectivity index (χ4n) is 9.33. The summed E-state index contributed by atoms with van der Waals surface area (Å²) < 4.78 is 15.1. The first-order chi connectivity index (χ1) is 28.1. The fraction of sp³-hybridized carbons (Fsp3) is 0.382. The van der Waals surface area contributed by atoms with Crippen molar-refractivity contribution in [3.63, 3.8) is 0 Å². The van der Waals surface area contributed by atoms with Crippen LogP contribution in [0.2, 0.25) is 0 Å². The second kappa shape index (κ2) is 16.4. The van der Waals surface area contributed by atoms with Crippen LogP contribution in [0, 0.1) is 0 Å². The van der Waals surface area contributed by atoms with Crippen molar-refractivity contribution < 1.29 is 9.47 Å². The third-order valence-electron chi connectivity index (χ3n) is 12.6. The Bertz CT molecular complexity index is 2380. The van der Waals surface area contributed by atoms with Crippen LogP contribution in [0.15, 0.2) is 109 Å². The van der Waals surface area contributed by atoms with Gasteiger partial charge in [0, 0.05) is 58.1 Å². The van der Waals surface area contributed by atoms with E-state index in [2.05, 4.69) is 165 Å². The zero-order valence-electron chi connectivity index (χ0n) is 36.8. The normalized spacial score (nSPS) is 21.6. The Kier molecular flexibility index (Phi) is 11.6. The minimum absolute atomic E-state index is 0.0685. The lowest BCUT2D eigenvalue weighted by Gasteiger charge is -2.34. The van der Waals surface area contributed by atoms with Crippen LogP contribution in [0.1, 0.15) is 116 Å². The molecule has 8 rings (SSSR count). The third kappa shape index (κ3) is 8.73. The van der Waals surface area contributed by atoms with E-state index in [0.29, 0.717) is 10.5 Å². The van der Waals surface area contributed by atoms with Crippen LogP contribution in [0.5, 0.6) is 11.5 Å². The maximum atomic E-state index is 7.53. The summed E-state index contributed by atoms with van der Waals surface area (Å²) >= 11 is 0. The highest BCUT2D eigenvalue weighted by Gasteiger charge is 2.34. The standard InChI is InChI=1S/C55H64O2S2/c1-53(2,3)41-31-39-35-58(9)49-29-13-11-12-14-30-50(49)59(10)36-40-32-42(54(4,5)6)34-48(46-28-20-24-38-22-16-18-26-44(38)46)52(40)57-55(7,8)56-51(39)47(33-41)45-27-19-23-37-21-15-17-25-43(37)45/h15-28,31-34,49-50H,9-14,29-30,35-36H2,1-8H3. The predicted octanol–water partition coefficient (Wildman–Crippen LogP) is 15.6. The average Bonchev–Trinajstić information content (AvgIpc) is 3.17. The van der Waals surface area contributed by atoms with Crippen LogP contribution in [0.25, 0.3) is 43.8 Å². The molecule has 4 heteroatoms. The maximum Gasteiger partial charge on any atom is 0.245 e. The molecular weight excluding hydrogens is 757 g/mol. The molecule has 6 aromatic carbocycles. The Hall–Kier alpha value is -4.12. The van der Waals surface area contributed by atoms with E-state index in [4.69, 9.17) is 21.2 Å². The van der Waals surface area contributed by atoms with Crippen molar-refractivity contribution in [1.82, 2.24) is 0 Å². The number of fused-ring (bicyclic) bond motifs is 5. The second-order valence-electron chi connectivity index (χ2n) is 19.6. The highest BCUT2D eigenvalue weighted by atomic mass is 32.2. The molecule has 0 bridgehead atoms. The van der Waals surface area contributed by atoms with E-state index in [-0.39, 0.29) is 31.8 Å². The summed E-state index contributed by atoms with van der Waals surface area (Å²) in [6.07, 6.45) is 7.54. The van der Waals surface area contributed by atoms with Crippen LogP contribution in [-0.2, 0) is 22.3 Å². The summed E-state index contributed by atoms with van der Waals surface area (Å²) in [6.45, 7) is 18.2. The summed E-state index contributed by atoms with van der Waals surface area (Å²) in [6, 6.07) is 40.5. The SMILES string of the molecule is C=S1Cc2cc(C(C)(C)C)cc(-c3cccc4ccccc34)c2OC(C)(C)Oc2c(cc(C(C)(C)C)cc2-c2cccc3ccccc23)CS(=C)C2CCCCCCC21. The molecule has 0 aromatic heterocycles. The van der Waals surface area contributed by atoms with E-state index in [1.807, 2.05) is 0 Å². The first-order valence-corrected chi connectivity index (χ1v) is 25.0. The van der Waals surface area contributed by atoms with Gasteiger partial charge in [0.1, 0.15) is 11.5 Å². The van der Waals surface area contributed by atoms with Gasteiger partial charge in [0.2, 0.25) is 5.79 Å². The molecule has 2 nitrogen and oxygen atoms in total. The molecule has 4 unspecified atom stereocenters.